The zero-order valence-corrected chi connectivity index (χ0v) is 17.2. The summed E-state index contributed by atoms with van der Waals surface area (Å²) in [6.07, 6.45) is 4.93. The first-order valence-electron chi connectivity index (χ1n) is 8.63. The standard InChI is InChI=1S/C18H23BrN4OS/c1-4-5-6-7-10-25-17-20-16-15(22-23-17)13-11-12(19)8-9-14(13)21-18(2,3)24-16/h8-9,11,21H,4-7,10H2,1-3H3. The van der Waals surface area contributed by atoms with Crippen molar-refractivity contribution in [2.45, 2.75) is 57.3 Å². The number of thioether (sulfide) groups is 1. The summed E-state index contributed by atoms with van der Waals surface area (Å²) in [4.78, 5) is 4.63. The van der Waals surface area contributed by atoms with Gasteiger partial charge in [0, 0.05) is 21.5 Å². The Morgan fingerprint density at radius 2 is 2.04 bits per heavy atom. The van der Waals surface area contributed by atoms with Gasteiger partial charge < -0.3 is 10.1 Å². The molecule has 0 unspecified atom stereocenters. The first kappa shape index (κ1) is 18.5. The van der Waals surface area contributed by atoms with E-state index in [1.165, 1.54) is 25.7 Å². The third-order valence-electron chi connectivity index (χ3n) is 3.89. The van der Waals surface area contributed by atoms with Gasteiger partial charge in [0.05, 0.1) is 0 Å². The number of aromatic nitrogens is 3. The molecule has 0 saturated carbocycles. The summed E-state index contributed by atoms with van der Waals surface area (Å²) in [5, 5.41) is 12.8. The number of halogens is 1. The summed E-state index contributed by atoms with van der Waals surface area (Å²) in [7, 11) is 0. The van der Waals surface area contributed by atoms with Crippen molar-refractivity contribution in [2.75, 3.05) is 11.1 Å². The Morgan fingerprint density at radius 3 is 2.84 bits per heavy atom. The van der Waals surface area contributed by atoms with E-state index in [-0.39, 0.29) is 0 Å². The number of hydrogen-bond acceptors (Lipinski definition) is 6. The van der Waals surface area contributed by atoms with Crippen LogP contribution in [0.1, 0.15) is 46.5 Å². The van der Waals surface area contributed by atoms with Crippen LogP contribution in [0, 0.1) is 0 Å². The molecule has 25 heavy (non-hydrogen) atoms. The third-order valence-corrected chi connectivity index (χ3v) is 5.31. The molecule has 1 aromatic carbocycles. The second kappa shape index (κ2) is 7.91. The molecule has 0 atom stereocenters. The van der Waals surface area contributed by atoms with Crippen LogP contribution in [0.2, 0.25) is 0 Å². The van der Waals surface area contributed by atoms with E-state index in [1.807, 2.05) is 32.0 Å². The van der Waals surface area contributed by atoms with Gasteiger partial charge in [-0.15, -0.1) is 10.2 Å². The van der Waals surface area contributed by atoms with Crippen molar-refractivity contribution in [3.8, 4) is 17.1 Å². The highest BCUT2D eigenvalue weighted by molar-refractivity contribution is 9.10. The zero-order valence-electron chi connectivity index (χ0n) is 14.8. The van der Waals surface area contributed by atoms with Crippen molar-refractivity contribution >= 4 is 33.4 Å². The Hall–Kier alpha value is -1.34. The predicted molar refractivity (Wildman–Crippen MR) is 106 cm³/mol. The van der Waals surface area contributed by atoms with Crippen molar-refractivity contribution in [1.82, 2.24) is 15.2 Å². The van der Waals surface area contributed by atoms with Crippen molar-refractivity contribution in [3.05, 3.63) is 22.7 Å². The summed E-state index contributed by atoms with van der Waals surface area (Å²) in [5.41, 5.74) is 1.99. The minimum atomic E-state index is -0.576. The molecule has 0 amide bonds. The lowest BCUT2D eigenvalue weighted by Gasteiger charge is -2.26. The molecule has 1 aromatic heterocycles. The average molecular weight is 423 g/mol. The van der Waals surface area contributed by atoms with Crippen molar-refractivity contribution < 1.29 is 4.74 Å². The lowest BCUT2D eigenvalue weighted by atomic mass is 10.1. The van der Waals surface area contributed by atoms with Gasteiger partial charge in [-0.25, -0.2) is 0 Å². The first-order chi connectivity index (χ1) is 12.0. The van der Waals surface area contributed by atoms with Crippen LogP contribution in [-0.4, -0.2) is 26.7 Å². The Morgan fingerprint density at radius 1 is 1.20 bits per heavy atom. The van der Waals surface area contributed by atoms with E-state index in [4.69, 9.17) is 4.74 Å². The number of unbranched alkanes of at least 4 members (excludes halogenated alkanes) is 3. The Balaban J connectivity index is 1.86. The second-order valence-electron chi connectivity index (χ2n) is 6.58. The molecular formula is C18H23BrN4OS. The van der Waals surface area contributed by atoms with Gasteiger partial charge in [-0.1, -0.05) is 53.9 Å². The number of nitrogens with zero attached hydrogens (tertiary/aromatic N) is 3. The summed E-state index contributed by atoms with van der Waals surface area (Å²) < 4.78 is 7.08. The minimum absolute atomic E-state index is 0.528. The summed E-state index contributed by atoms with van der Waals surface area (Å²) in [6.45, 7) is 6.18. The Kier molecular flexibility index (Phi) is 5.84. The summed E-state index contributed by atoms with van der Waals surface area (Å²) in [6, 6.07) is 6.02. The number of benzene rings is 1. The van der Waals surface area contributed by atoms with Crippen LogP contribution in [0.25, 0.3) is 11.3 Å². The highest BCUT2D eigenvalue weighted by atomic mass is 79.9. The highest BCUT2D eigenvalue weighted by Gasteiger charge is 2.30. The fraction of sp³-hybridized carbons (Fsp3) is 0.500. The maximum Gasteiger partial charge on any atom is 0.247 e. The van der Waals surface area contributed by atoms with Crippen molar-refractivity contribution in [1.29, 1.82) is 0 Å². The van der Waals surface area contributed by atoms with Crippen LogP contribution < -0.4 is 10.1 Å². The molecule has 134 valence electrons. The highest BCUT2D eigenvalue weighted by Crippen LogP contribution is 2.40. The second-order valence-corrected chi connectivity index (χ2v) is 8.56. The molecule has 0 radical (unpaired) electrons. The van der Waals surface area contributed by atoms with Crippen molar-refractivity contribution in [3.63, 3.8) is 0 Å². The molecule has 0 aliphatic carbocycles. The molecule has 0 fully saturated rings. The fourth-order valence-electron chi connectivity index (χ4n) is 2.70. The summed E-state index contributed by atoms with van der Waals surface area (Å²) >= 11 is 5.16. The average Bonchev–Trinajstić information content (AvgIpc) is 2.66. The molecule has 1 aliphatic rings. The quantitative estimate of drug-likeness (QED) is 0.488. The number of nitrogens with one attached hydrogen (secondary N) is 1. The van der Waals surface area contributed by atoms with E-state index in [0.29, 0.717) is 16.7 Å². The van der Waals surface area contributed by atoms with Crippen LogP contribution >= 0.6 is 27.7 Å². The SMILES string of the molecule is CCCCCCSc1nnc2c(n1)OC(C)(C)Nc1ccc(Br)cc1-2. The van der Waals surface area contributed by atoms with E-state index in [2.05, 4.69) is 43.4 Å². The molecule has 1 aliphatic heterocycles. The van der Waals surface area contributed by atoms with Gasteiger partial charge in [-0.2, -0.15) is 4.98 Å². The maximum atomic E-state index is 6.10. The monoisotopic (exact) mass is 422 g/mol. The molecule has 0 bridgehead atoms. The van der Waals surface area contributed by atoms with Gasteiger partial charge in [-0.3, -0.25) is 0 Å². The Labute approximate surface area is 161 Å². The van der Waals surface area contributed by atoms with Gasteiger partial charge in [-0.05, 0) is 38.5 Å². The summed E-state index contributed by atoms with van der Waals surface area (Å²) in [5.74, 6) is 1.53. The van der Waals surface area contributed by atoms with Crippen LogP contribution in [0.5, 0.6) is 5.88 Å². The number of hydrogen-bond donors (Lipinski definition) is 1. The van der Waals surface area contributed by atoms with E-state index in [0.717, 1.165) is 21.5 Å². The smallest absolute Gasteiger partial charge is 0.247 e. The van der Waals surface area contributed by atoms with Crippen LogP contribution in [0.15, 0.2) is 27.8 Å². The van der Waals surface area contributed by atoms with Gasteiger partial charge in [0.15, 0.2) is 11.4 Å². The van der Waals surface area contributed by atoms with Gasteiger partial charge in [0.1, 0.15) is 0 Å². The van der Waals surface area contributed by atoms with E-state index >= 15 is 0 Å². The minimum Gasteiger partial charge on any atom is -0.450 e. The van der Waals surface area contributed by atoms with E-state index in [9.17, 15) is 0 Å². The number of anilines is 1. The Bertz CT molecular complexity index is 754. The lowest BCUT2D eigenvalue weighted by Crippen LogP contribution is -2.37. The maximum absolute atomic E-state index is 6.10. The number of rotatable bonds is 6. The first-order valence-corrected chi connectivity index (χ1v) is 10.4. The van der Waals surface area contributed by atoms with Gasteiger partial charge in [0.2, 0.25) is 11.0 Å². The van der Waals surface area contributed by atoms with E-state index < -0.39 is 5.72 Å². The lowest BCUT2D eigenvalue weighted by molar-refractivity contribution is 0.134. The molecule has 2 heterocycles. The predicted octanol–water partition coefficient (Wildman–Crippen LogP) is 5.51. The third kappa shape index (κ3) is 4.64. The number of ether oxygens (including phenoxy) is 1. The van der Waals surface area contributed by atoms with Gasteiger partial charge in [0.25, 0.3) is 0 Å². The fourth-order valence-corrected chi connectivity index (χ4v) is 3.84. The molecule has 7 heteroatoms. The van der Waals surface area contributed by atoms with E-state index in [1.54, 1.807) is 11.8 Å². The molecule has 0 spiro atoms. The molecular weight excluding hydrogens is 400 g/mol. The molecule has 3 rings (SSSR count). The number of fused-ring (bicyclic) bond motifs is 3. The van der Waals surface area contributed by atoms with Crippen LogP contribution in [0.4, 0.5) is 5.69 Å². The molecule has 5 nitrogen and oxygen atoms in total. The normalized spacial score (nSPS) is 14.7. The largest absolute Gasteiger partial charge is 0.450 e. The molecule has 2 aromatic rings. The topological polar surface area (TPSA) is 59.9 Å². The van der Waals surface area contributed by atoms with Gasteiger partial charge >= 0.3 is 0 Å². The zero-order chi connectivity index (χ0) is 17.9. The molecule has 1 N–H and O–H groups in total. The van der Waals surface area contributed by atoms with Crippen LogP contribution in [0.3, 0.4) is 0 Å². The molecule has 0 saturated heterocycles. The van der Waals surface area contributed by atoms with Crippen molar-refractivity contribution in [2.24, 2.45) is 0 Å². The van der Waals surface area contributed by atoms with Crippen LogP contribution in [-0.2, 0) is 0 Å².